The van der Waals surface area contributed by atoms with Gasteiger partial charge < -0.3 is 15.8 Å². The molecule has 5 nitrogen and oxygen atoms in total. The fourth-order valence-corrected chi connectivity index (χ4v) is 1.57. The first-order valence-corrected chi connectivity index (χ1v) is 5.90. The molecule has 0 bridgehead atoms. The Morgan fingerprint density at radius 1 is 1.47 bits per heavy atom. The molecule has 1 aromatic heterocycles. The first-order chi connectivity index (χ1) is 7.18. The van der Waals surface area contributed by atoms with Crippen LogP contribution in [0.1, 0.15) is 26.7 Å². The van der Waals surface area contributed by atoms with Crippen LogP contribution in [0.3, 0.4) is 0 Å². The largest absolute Gasteiger partial charge is 0.379 e. The molecular formula is C9H18N4OS. The van der Waals surface area contributed by atoms with Crippen LogP contribution in [0.4, 0.5) is 11.1 Å². The van der Waals surface area contributed by atoms with Crippen molar-refractivity contribution in [3.8, 4) is 0 Å². The van der Waals surface area contributed by atoms with Gasteiger partial charge in [0.25, 0.3) is 0 Å². The van der Waals surface area contributed by atoms with Crippen molar-refractivity contribution >= 4 is 22.6 Å². The van der Waals surface area contributed by atoms with Gasteiger partial charge in [-0.15, -0.1) is 0 Å². The number of nitrogens with one attached hydrogen (secondary N) is 1. The molecule has 0 saturated heterocycles. The summed E-state index contributed by atoms with van der Waals surface area (Å²) in [5, 5.41) is 3.95. The van der Waals surface area contributed by atoms with Gasteiger partial charge in [0.2, 0.25) is 11.1 Å². The van der Waals surface area contributed by atoms with E-state index in [0.717, 1.165) is 31.1 Å². The van der Waals surface area contributed by atoms with Crippen LogP contribution < -0.4 is 11.1 Å². The van der Waals surface area contributed by atoms with Gasteiger partial charge in [0.15, 0.2) is 0 Å². The van der Waals surface area contributed by atoms with Crippen molar-refractivity contribution in [2.24, 2.45) is 0 Å². The SMILES string of the molecule is CC(C)OCCCCNc1nc(N)ns1. The predicted octanol–water partition coefficient (Wildman–Crippen LogP) is 1.74. The lowest BCUT2D eigenvalue weighted by Crippen LogP contribution is -2.06. The number of unbranched alkanes of at least 4 members (excludes halogenated alkanes) is 1. The fourth-order valence-electron chi connectivity index (χ4n) is 1.05. The number of ether oxygens (including phenoxy) is 1. The van der Waals surface area contributed by atoms with Gasteiger partial charge in [-0.05, 0) is 26.7 Å². The molecule has 0 fully saturated rings. The monoisotopic (exact) mass is 230 g/mol. The minimum Gasteiger partial charge on any atom is -0.379 e. The highest BCUT2D eigenvalue weighted by Crippen LogP contribution is 2.11. The molecule has 6 heteroatoms. The molecular weight excluding hydrogens is 212 g/mol. The third kappa shape index (κ3) is 5.54. The van der Waals surface area contributed by atoms with E-state index in [1.54, 1.807) is 0 Å². The van der Waals surface area contributed by atoms with Crippen molar-refractivity contribution in [3.05, 3.63) is 0 Å². The molecule has 0 aliphatic heterocycles. The van der Waals surface area contributed by atoms with Gasteiger partial charge in [-0.3, -0.25) is 0 Å². The summed E-state index contributed by atoms with van der Waals surface area (Å²) in [4.78, 5) is 4.00. The fraction of sp³-hybridized carbons (Fsp3) is 0.778. The predicted molar refractivity (Wildman–Crippen MR) is 63.1 cm³/mol. The minimum atomic E-state index is 0.320. The maximum Gasteiger partial charge on any atom is 0.233 e. The first kappa shape index (κ1) is 12.2. The van der Waals surface area contributed by atoms with E-state index in [-0.39, 0.29) is 0 Å². The second kappa shape index (κ2) is 6.58. The molecule has 0 aliphatic rings. The van der Waals surface area contributed by atoms with Crippen LogP contribution in [0.15, 0.2) is 0 Å². The Labute approximate surface area is 94.2 Å². The van der Waals surface area contributed by atoms with E-state index in [1.165, 1.54) is 11.5 Å². The molecule has 3 N–H and O–H groups in total. The summed E-state index contributed by atoms with van der Waals surface area (Å²) in [5.74, 6) is 0.339. The zero-order valence-electron chi connectivity index (χ0n) is 9.19. The quantitative estimate of drug-likeness (QED) is 0.698. The molecule has 0 saturated carbocycles. The topological polar surface area (TPSA) is 73.1 Å². The van der Waals surface area contributed by atoms with E-state index in [0.29, 0.717) is 12.1 Å². The Morgan fingerprint density at radius 3 is 2.87 bits per heavy atom. The lowest BCUT2D eigenvalue weighted by Gasteiger charge is -2.06. The summed E-state index contributed by atoms with van der Waals surface area (Å²) in [7, 11) is 0. The zero-order valence-corrected chi connectivity index (χ0v) is 10.0. The Kier molecular flexibility index (Phi) is 5.34. The van der Waals surface area contributed by atoms with Gasteiger partial charge in [-0.2, -0.15) is 9.36 Å². The molecule has 1 heterocycles. The molecule has 0 atom stereocenters. The smallest absolute Gasteiger partial charge is 0.233 e. The van der Waals surface area contributed by atoms with E-state index >= 15 is 0 Å². The van der Waals surface area contributed by atoms with Crippen LogP contribution in [0.25, 0.3) is 0 Å². The van der Waals surface area contributed by atoms with Gasteiger partial charge >= 0.3 is 0 Å². The van der Waals surface area contributed by atoms with Gasteiger partial charge in [-0.1, -0.05) is 0 Å². The molecule has 0 aromatic carbocycles. The Balaban J connectivity index is 1.98. The van der Waals surface area contributed by atoms with Crippen LogP contribution >= 0.6 is 11.5 Å². The van der Waals surface area contributed by atoms with E-state index < -0.39 is 0 Å². The summed E-state index contributed by atoms with van der Waals surface area (Å²) in [6, 6.07) is 0. The molecule has 0 spiro atoms. The number of hydrogen-bond donors (Lipinski definition) is 2. The standard InChI is InChI=1S/C9H18N4OS/c1-7(2)14-6-4-3-5-11-9-12-8(10)13-15-9/h7H,3-6H2,1-2H3,(H3,10,11,12,13). The van der Waals surface area contributed by atoms with Gasteiger partial charge in [0, 0.05) is 24.7 Å². The van der Waals surface area contributed by atoms with E-state index in [9.17, 15) is 0 Å². The van der Waals surface area contributed by atoms with Crippen LogP contribution in [0, 0.1) is 0 Å². The highest BCUT2D eigenvalue weighted by molar-refractivity contribution is 7.09. The highest BCUT2D eigenvalue weighted by Gasteiger charge is 1.98. The van der Waals surface area contributed by atoms with E-state index in [4.69, 9.17) is 10.5 Å². The maximum absolute atomic E-state index is 5.43. The molecule has 0 unspecified atom stereocenters. The van der Waals surface area contributed by atoms with Crippen LogP contribution in [0.5, 0.6) is 0 Å². The Morgan fingerprint density at radius 2 is 2.27 bits per heavy atom. The third-order valence-electron chi connectivity index (χ3n) is 1.74. The molecule has 0 aliphatic carbocycles. The summed E-state index contributed by atoms with van der Waals surface area (Å²) < 4.78 is 9.30. The summed E-state index contributed by atoms with van der Waals surface area (Å²) in [6.45, 7) is 5.79. The molecule has 0 amide bonds. The van der Waals surface area contributed by atoms with Crippen LogP contribution in [-0.2, 0) is 4.74 Å². The Bertz CT molecular complexity index is 277. The van der Waals surface area contributed by atoms with Gasteiger partial charge in [0.1, 0.15) is 0 Å². The van der Waals surface area contributed by atoms with Crippen molar-refractivity contribution in [1.29, 1.82) is 0 Å². The second-order valence-corrected chi connectivity index (χ2v) is 4.26. The number of nitrogen functional groups attached to an aromatic ring is 1. The Hall–Kier alpha value is -0.880. The second-order valence-electron chi connectivity index (χ2n) is 3.51. The zero-order chi connectivity index (χ0) is 11.1. The average molecular weight is 230 g/mol. The molecule has 1 aromatic rings. The van der Waals surface area contributed by atoms with Crippen LogP contribution in [-0.4, -0.2) is 28.6 Å². The number of nitrogens with two attached hydrogens (primary N) is 1. The first-order valence-electron chi connectivity index (χ1n) is 5.13. The summed E-state index contributed by atoms with van der Waals surface area (Å²) >= 11 is 1.29. The lowest BCUT2D eigenvalue weighted by molar-refractivity contribution is 0.0765. The van der Waals surface area contributed by atoms with E-state index in [2.05, 4.69) is 14.7 Å². The van der Waals surface area contributed by atoms with Gasteiger partial charge in [-0.25, -0.2) is 0 Å². The number of rotatable bonds is 7. The van der Waals surface area contributed by atoms with Crippen molar-refractivity contribution in [2.75, 3.05) is 24.2 Å². The highest BCUT2D eigenvalue weighted by atomic mass is 32.1. The van der Waals surface area contributed by atoms with Gasteiger partial charge in [0.05, 0.1) is 6.10 Å². The number of nitrogens with zero attached hydrogens (tertiary/aromatic N) is 2. The van der Waals surface area contributed by atoms with E-state index in [1.807, 2.05) is 13.8 Å². The number of hydrogen-bond acceptors (Lipinski definition) is 6. The molecule has 15 heavy (non-hydrogen) atoms. The molecule has 1 rings (SSSR count). The third-order valence-corrected chi connectivity index (χ3v) is 2.43. The minimum absolute atomic E-state index is 0.320. The number of aromatic nitrogens is 2. The van der Waals surface area contributed by atoms with Crippen molar-refractivity contribution < 1.29 is 4.74 Å². The lowest BCUT2D eigenvalue weighted by atomic mass is 10.3. The van der Waals surface area contributed by atoms with Crippen molar-refractivity contribution in [1.82, 2.24) is 9.36 Å². The van der Waals surface area contributed by atoms with Crippen LogP contribution in [0.2, 0.25) is 0 Å². The summed E-state index contributed by atoms with van der Waals surface area (Å²) in [5.41, 5.74) is 5.39. The maximum atomic E-state index is 5.43. The number of anilines is 2. The summed E-state index contributed by atoms with van der Waals surface area (Å²) in [6.07, 6.45) is 2.44. The molecule has 0 radical (unpaired) electrons. The molecule has 86 valence electrons. The van der Waals surface area contributed by atoms with Crippen molar-refractivity contribution in [3.63, 3.8) is 0 Å². The van der Waals surface area contributed by atoms with Crippen molar-refractivity contribution in [2.45, 2.75) is 32.8 Å². The average Bonchev–Trinajstić information content (AvgIpc) is 2.57. The normalized spacial score (nSPS) is 10.9.